The lowest BCUT2D eigenvalue weighted by atomic mass is 10.1. The van der Waals surface area contributed by atoms with Crippen LogP contribution >= 0.6 is 23.2 Å². The van der Waals surface area contributed by atoms with Crippen molar-refractivity contribution >= 4 is 49.9 Å². The number of anilines is 1. The molecule has 0 atom stereocenters. The van der Waals surface area contributed by atoms with Crippen molar-refractivity contribution in [1.29, 1.82) is 0 Å². The molecule has 1 N–H and O–H groups in total. The van der Waals surface area contributed by atoms with E-state index in [4.69, 9.17) is 23.2 Å². The Balaban J connectivity index is 1.80. The highest BCUT2D eigenvalue weighted by molar-refractivity contribution is 7.92. The molecule has 0 bridgehead atoms. The molecule has 8 heteroatoms. The minimum atomic E-state index is -3.94. The number of hydrogen-bond donors (Lipinski definition) is 1. The van der Waals surface area contributed by atoms with E-state index in [-0.39, 0.29) is 9.92 Å². The van der Waals surface area contributed by atoms with Crippen LogP contribution in [-0.2, 0) is 16.6 Å². The molecule has 0 spiro atoms. The standard InChI is InChI=1S/C23H21Cl2N3O2S/c1-14-6-4-5-7-17(14)12-28-13-26-23-20(28)10-15(2)16(3)22(23)27-31(29,30)21-9-8-18(24)11-19(21)25/h4-11,13,27H,12H2,1-3H3. The van der Waals surface area contributed by atoms with Gasteiger partial charge in [0.15, 0.2) is 0 Å². The van der Waals surface area contributed by atoms with Crippen molar-refractivity contribution in [3.8, 4) is 0 Å². The van der Waals surface area contributed by atoms with E-state index in [0.29, 0.717) is 22.8 Å². The largest absolute Gasteiger partial charge is 0.326 e. The van der Waals surface area contributed by atoms with Crippen LogP contribution in [0.3, 0.4) is 0 Å². The van der Waals surface area contributed by atoms with E-state index in [1.165, 1.54) is 29.3 Å². The second-order valence-corrected chi connectivity index (χ2v) is 10.0. The first-order chi connectivity index (χ1) is 14.7. The lowest BCUT2D eigenvalue weighted by Crippen LogP contribution is -2.15. The molecular formula is C23H21Cl2N3O2S. The molecule has 0 amide bonds. The Kier molecular flexibility index (Phi) is 5.73. The maximum Gasteiger partial charge on any atom is 0.263 e. The summed E-state index contributed by atoms with van der Waals surface area (Å²) in [5.41, 5.74) is 6.02. The van der Waals surface area contributed by atoms with Crippen LogP contribution in [0.2, 0.25) is 10.0 Å². The first kappa shape index (κ1) is 21.7. The van der Waals surface area contributed by atoms with E-state index in [9.17, 15) is 8.42 Å². The van der Waals surface area contributed by atoms with E-state index in [1.807, 2.05) is 36.6 Å². The molecule has 0 aliphatic rings. The number of rotatable bonds is 5. The number of sulfonamides is 1. The van der Waals surface area contributed by atoms with Gasteiger partial charge in [0.05, 0.1) is 22.6 Å². The molecule has 0 unspecified atom stereocenters. The summed E-state index contributed by atoms with van der Waals surface area (Å²) in [4.78, 5) is 4.51. The minimum Gasteiger partial charge on any atom is -0.326 e. The summed E-state index contributed by atoms with van der Waals surface area (Å²) in [6.07, 6.45) is 1.74. The third kappa shape index (κ3) is 4.15. The van der Waals surface area contributed by atoms with E-state index >= 15 is 0 Å². The van der Waals surface area contributed by atoms with Gasteiger partial charge in [-0.1, -0.05) is 47.5 Å². The zero-order chi connectivity index (χ0) is 22.3. The second-order valence-electron chi connectivity index (χ2n) is 7.54. The monoisotopic (exact) mass is 473 g/mol. The normalized spacial score (nSPS) is 11.8. The Hall–Kier alpha value is -2.54. The topological polar surface area (TPSA) is 64.0 Å². The van der Waals surface area contributed by atoms with Crippen LogP contribution in [0.5, 0.6) is 0 Å². The summed E-state index contributed by atoms with van der Waals surface area (Å²) in [7, 11) is -3.94. The summed E-state index contributed by atoms with van der Waals surface area (Å²) in [6, 6.07) is 14.5. The highest BCUT2D eigenvalue weighted by Crippen LogP contribution is 2.33. The van der Waals surface area contributed by atoms with Gasteiger partial charge in [-0.2, -0.15) is 0 Å². The number of aryl methyl sites for hydroxylation is 2. The van der Waals surface area contributed by atoms with Crippen LogP contribution in [-0.4, -0.2) is 18.0 Å². The van der Waals surface area contributed by atoms with Crippen molar-refractivity contribution in [3.63, 3.8) is 0 Å². The molecular weight excluding hydrogens is 453 g/mol. The smallest absolute Gasteiger partial charge is 0.263 e. The minimum absolute atomic E-state index is 0.0352. The molecule has 1 aromatic heterocycles. The van der Waals surface area contributed by atoms with Crippen LogP contribution in [0.1, 0.15) is 22.3 Å². The predicted octanol–water partition coefficient (Wildman–Crippen LogP) is 6.12. The van der Waals surface area contributed by atoms with Gasteiger partial charge in [0.1, 0.15) is 10.4 Å². The molecule has 1 heterocycles. The summed E-state index contributed by atoms with van der Waals surface area (Å²) < 4.78 is 30.9. The third-order valence-corrected chi connectivity index (χ3v) is 7.52. The molecule has 31 heavy (non-hydrogen) atoms. The van der Waals surface area contributed by atoms with Crippen LogP contribution < -0.4 is 4.72 Å². The summed E-state index contributed by atoms with van der Waals surface area (Å²) in [6.45, 7) is 6.53. The summed E-state index contributed by atoms with van der Waals surface area (Å²) in [5.74, 6) is 0. The lowest BCUT2D eigenvalue weighted by Gasteiger charge is -2.15. The van der Waals surface area contributed by atoms with Crippen LogP contribution in [0.25, 0.3) is 11.0 Å². The number of benzene rings is 3. The molecule has 5 nitrogen and oxygen atoms in total. The van der Waals surface area contributed by atoms with E-state index in [2.05, 4.69) is 28.8 Å². The van der Waals surface area contributed by atoms with Gasteiger partial charge in [-0.15, -0.1) is 0 Å². The van der Waals surface area contributed by atoms with Gasteiger partial charge in [-0.25, -0.2) is 13.4 Å². The number of hydrogen-bond acceptors (Lipinski definition) is 3. The Morgan fingerprint density at radius 1 is 1.00 bits per heavy atom. The number of nitrogens with zero attached hydrogens (tertiary/aromatic N) is 2. The summed E-state index contributed by atoms with van der Waals surface area (Å²) >= 11 is 12.1. The number of aromatic nitrogens is 2. The molecule has 4 aromatic rings. The fraction of sp³-hybridized carbons (Fsp3) is 0.174. The predicted molar refractivity (Wildman–Crippen MR) is 127 cm³/mol. The van der Waals surface area contributed by atoms with E-state index in [1.54, 1.807) is 6.33 Å². The third-order valence-electron chi connectivity index (χ3n) is 5.46. The van der Waals surface area contributed by atoms with Crippen molar-refractivity contribution in [2.24, 2.45) is 0 Å². The van der Waals surface area contributed by atoms with Gasteiger partial charge < -0.3 is 4.57 Å². The van der Waals surface area contributed by atoms with Gasteiger partial charge in [0, 0.05) is 11.6 Å². The molecule has 0 aliphatic heterocycles. The summed E-state index contributed by atoms with van der Waals surface area (Å²) in [5, 5.41) is 0.430. The van der Waals surface area contributed by atoms with Gasteiger partial charge >= 0.3 is 0 Å². The molecule has 0 radical (unpaired) electrons. The first-order valence-corrected chi connectivity index (χ1v) is 11.9. The second kappa shape index (κ2) is 8.19. The Morgan fingerprint density at radius 3 is 2.45 bits per heavy atom. The molecule has 3 aromatic carbocycles. The van der Waals surface area contributed by atoms with Crippen LogP contribution in [0.15, 0.2) is 59.8 Å². The zero-order valence-electron chi connectivity index (χ0n) is 17.3. The molecule has 0 aliphatic carbocycles. The Morgan fingerprint density at radius 2 is 1.74 bits per heavy atom. The van der Waals surface area contributed by atoms with Crippen molar-refractivity contribution < 1.29 is 8.42 Å². The van der Waals surface area contributed by atoms with E-state index < -0.39 is 10.0 Å². The van der Waals surface area contributed by atoms with Gasteiger partial charge in [0.25, 0.3) is 10.0 Å². The zero-order valence-corrected chi connectivity index (χ0v) is 19.6. The molecule has 0 saturated carbocycles. The van der Waals surface area contributed by atoms with Crippen molar-refractivity contribution in [2.45, 2.75) is 32.2 Å². The van der Waals surface area contributed by atoms with E-state index in [0.717, 1.165) is 16.6 Å². The number of nitrogens with one attached hydrogen (secondary N) is 1. The van der Waals surface area contributed by atoms with Crippen LogP contribution in [0, 0.1) is 20.8 Å². The Labute approximate surface area is 191 Å². The van der Waals surface area contributed by atoms with Crippen molar-refractivity contribution in [3.05, 3.63) is 87.2 Å². The van der Waals surface area contributed by atoms with Crippen molar-refractivity contribution in [2.75, 3.05) is 4.72 Å². The highest BCUT2D eigenvalue weighted by atomic mass is 35.5. The van der Waals surface area contributed by atoms with Crippen molar-refractivity contribution in [1.82, 2.24) is 9.55 Å². The maximum absolute atomic E-state index is 13.1. The molecule has 0 saturated heterocycles. The van der Waals surface area contributed by atoms with Gasteiger partial charge in [-0.05, 0) is 67.3 Å². The molecule has 0 fully saturated rings. The number of imidazole rings is 1. The fourth-order valence-electron chi connectivity index (χ4n) is 3.53. The fourth-order valence-corrected chi connectivity index (χ4v) is 5.43. The van der Waals surface area contributed by atoms with Gasteiger partial charge in [-0.3, -0.25) is 4.72 Å². The molecule has 4 rings (SSSR count). The number of fused-ring (bicyclic) bond motifs is 1. The molecule has 160 valence electrons. The average Bonchev–Trinajstić information content (AvgIpc) is 3.09. The quantitative estimate of drug-likeness (QED) is 0.379. The first-order valence-electron chi connectivity index (χ1n) is 9.65. The van der Waals surface area contributed by atoms with Gasteiger partial charge in [0.2, 0.25) is 0 Å². The highest BCUT2D eigenvalue weighted by Gasteiger charge is 2.22. The Bertz CT molecular complexity index is 1410. The maximum atomic E-state index is 13.1. The average molecular weight is 474 g/mol. The SMILES string of the molecule is Cc1ccccc1Cn1cnc2c(NS(=O)(=O)c3ccc(Cl)cc3Cl)c(C)c(C)cc21. The lowest BCUT2D eigenvalue weighted by molar-refractivity contribution is 0.601. The number of halogens is 2. The van der Waals surface area contributed by atoms with Crippen LogP contribution in [0.4, 0.5) is 5.69 Å².